The Morgan fingerprint density at radius 2 is 2.00 bits per heavy atom. The third-order valence-corrected chi connectivity index (χ3v) is 3.23. The van der Waals surface area contributed by atoms with Gasteiger partial charge in [0.15, 0.2) is 0 Å². The smallest absolute Gasteiger partial charge is 0.251 e. The van der Waals surface area contributed by atoms with Crippen LogP contribution >= 0.6 is 0 Å². The first-order valence-electron chi connectivity index (χ1n) is 6.65. The van der Waals surface area contributed by atoms with Gasteiger partial charge < -0.3 is 11.1 Å². The van der Waals surface area contributed by atoms with E-state index in [1.165, 1.54) is 0 Å². The van der Waals surface area contributed by atoms with Gasteiger partial charge in [0.2, 0.25) is 0 Å². The van der Waals surface area contributed by atoms with Crippen molar-refractivity contribution >= 4 is 11.7 Å². The summed E-state index contributed by atoms with van der Waals surface area (Å²) >= 11 is 0. The summed E-state index contributed by atoms with van der Waals surface area (Å²) in [6.07, 6.45) is 2.93. The number of anilines is 1. The molecule has 0 aliphatic rings. The number of rotatable bonds is 6. The molecule has 1 rings (SSSR count). The summed E-state index contributed by atoms with van der Waals surface area (Å²) in [5, 5.41) is 2.96. The normalized spacial score (nSPS) is 10.7. The van der Waals surface area contributed by atoms with Crippen molar-refractivity contribution < 1.29 is 4.79 Å². The molecule has 0 radical (unpaired) electrons. The van der Waals surface area contributed by atoms with E-state index in [0.717, 1.165) is 31.5 Å². The lowest BCUT2D eigenvalue weighted by Crippen LogP contribution is -2.29. The molecule has 0 saturated carbocycles. The summed E-state index contributed by atoms with van der Waals surface area (Å²) in [5.41, 5.74) is 7.14. The predicted molar refractivity (Wildman–Crippen MR) is 74.4 cm³/mol. The van der Waals surface area contributed by atoms with Gasteiger partial charge in [0, 0.05) is 17.8 Å². The summed E-state index contributed by atoms with van der Waals surface area (Å²) in [4.78, 5) is 16.2. The van der Waals surface area contributed by atoms with E-state index in [0.29, 0.717) is 17.3 Å². The van der Waals surface area contributed by atoms with Crippen LogP contribution in [0.25, 0.3) is 0 Å². The number of hydrogen-bond acceptors (Lipinski definition) is 3. The SMILES string of the molecule is CCc1cc(C(=O)NCC(CC)CC)cc(N)n1. The van der Waals surface area contributed by atoms with Crippen LogP contribution in [0.3, 0.4) is 0 Å². The number of hydrogen-bond donors (Lipinski definition) is 2. The Bertz CT molecular complexity index is 400. The van der Waals surface area contributed by atoms with Gasteiger partial charge in [-0.05, 0) is 24.5 Å². The van der Waals surface area contributed by atoms with Crippen molar-refractivity contribution in [1.82, 2.24) is 10.3 Å². The van der Waals surface area contributed by atoms with Gasteiger partial charge in [0.05, 0.1) is 0 Å². The summed E-state index contributed by atoms with van der Waals surface area (Å²) in [6.45, 7) is 6.99. The molecule has 0 unspecified atom stereocenters. The van der Waals surface area contributed by atoms with Crippen LogP contribution in [-0.2, 0) is 6.42 Å². The maximum Gasteiger partial charge on any atom is 0.251 e. The van der Waals surface area contributed by atoms with Gasteiger partial charge in [-0.3, -0.25) is 4.79 Å². The molecule has 0 saturated heterocycles. The number of aryl methyl sites for hydroxylation is 1. The molecular formula is C14H23N3O. The fraction of sp³-hybridized carbons (Fsp3) is 0.571. The number of nitrogens with two attached hydrogens (primary N) is 1. The zero-order chi connectivity index (χ0) is 13.5. The van der Waals surface area contributed by atoms with E-state index in [2.05, 4.69) is 24.1 Å². The lowest BCUT2D eigenvalue weighted by Gasteiger charge is -2.13. The van der Waals surface area contributed by atoms with E-state index >= 15 is 0 Å². The number of aromatic nitrogens is 1. The molecular weight excluding hydrogens is 226 g/mol. The Labute approximate surface area is 109 Å². The van der Waals surface area contributed by atoms with Crippen molar-refractivity contribution in [3.05, 3.63) is 23.4 Å². The molecule has 100 valence electrons. The van der Waals surface area contributed by atoms with Crippen molar-refractivity contribution in [3.8, 4) is 0 Å². The van der Waals surface area contributed by atoms with Crippen LogP contribution in [0.1, 0.15) is 49.7 Å². The first kappa shape index (κ1) is 14.5. The molecule has 0 fully saturated rings. The minimum atomic E-state index is -0.0642. The molecule has 0 atom stereocenters. The van der Waals surface area contributed by atoms with Crippen LogP contribution in [0.4, 0.5) is 5.82 Å². The lowest BCUT2D eigenvalue weighted by molar-refractivity contribution is 0.0946. The van der Waals surface area contributed by atoms with Gasteiger partial charge in [-0.15, -0.1) is 0 Å². The summed E-state index contributed by atoms with van der Waals surface area (Å²) in [7, 11) is 0. The van der Waals surface area contributed by atoms with Crippen molar-refractivity contribution in [2.45, 2.75) is 40.0 Å². The molecule has 18 heavy (non-hydrogen) atoms. The second-order valence-corrected chi connectivity index (χ2v) is 4.52. The fourth-order valence-corrected chi connectivity index (χ4v) is 1.84. The van der Waals surface area contributed by atoms with Crippen LogP contribution in [0.5, 0.6) is 0 Å². The molecule has 3 N–H and O–H groups in total. The van der Waals surface area contributed by atoms with E-state index < -0.39 is 0 Å². The van der Waals surface area contributed by atoms with Crippen molar-refractivity contribution in [2.24, 2.45) is 5.92 Å². The Hall–Kier alpha value is -1.58. The average Bonchev–Trinajstić information content (AvgIpc) is 2.38. The first-order valence-corrected chi connectivity index (χ1v) is 6.65. The summed E-state index contributed by atoms with van der Waals surface area (Å²) in [6, 6.07) is 3.43. The quantitative estimate of drug-likeness (QED) is 0.813. The third kappa shape index (κ3) is 4.02. The highest BCUT2D eigenvalue weighted by atomic mass is 16.1. The largest absolute Gasteiger partial charge is 0.384 e. The highest BCUT2D eigenvalue weighted by molar-refractivity contribution is 5.94. The number of nitrogens with one attached hydrogen (secondary N) is 1. The van der Waals surface area contributed by atoms with Gasteiger partial charge in [0.1, 0.15) is 5.82 Å². The molecule has 1 aromatic heterocycles. The summed E-state index contributed by atoms with van der Waals surface area (Å²) in [5.74, 6) is 0.881. The van der Waals surface area contributed by atoms with Gasteiger partial charge in [-0.1, -0.05) is 33.6 Å². The molecule has 1 heterocycles. The van der Waals surface area contributed by atoms with E-state index in [9.17, 15) is 4.79 Å². The molecule has 0 aliphatic heterocycles. The Morgan fingerprint density at radius 3 is 2.56 bits per heavy atom. The molecule has 0 bridgehead atoms. The van der Waals surface area contributed by atoms with Crippen LogP contribution < -0.4 is 11.1 Å². The highest BCUT2D eigenvalue weighted by Gasteiger charge is 2.10. The lowest BCUT2D eigenvalue weighted by atomic mass is 10.0. The minimum absolute atomic E-state index is 0.0642. The van der Waals surface area contributed by atoms with Gasteiger partial charge in [-0.25, -0.2) is 4.98 Å². The zero-order valence-electron chi connectivity index (χ0n) is 11.5. The van der Waals surface area contributed by atoms with Crippen LogP contribution in [0, 0.1) is 5.92 Å². The molecule has 1 aromatic rings. The standard InChI is InChI=1S/C14H23N3O/c1-4-10(5-2)9-16-14(18)11-7-12(6-3)17-13(15)8-11/h7-8,10H,4-6,9H2,1-3H3,(H2,15,17)(H,16,18). The molecule has 0 aliphatic carbocycles. The molecule has 4 heteroatoms. The summed E-state index contributed by atoms with van der Waals surface area (Å²) < 4.78 is 0. The Balaban J connectivity index is 2.69. The predicted octanol–water partition coefficient (Wildman–Crippen LogP) is 2.39. The zero-order valence-corrected chi connectivity index (χ0v) is 11.5. The Morgan fingerprint density at radius 1 is 1.33 bits per heavy atom. The van der Waals surface area contributed by atoms with Gasteiger partial charge >= 0.3 is 0 Å². The molecule has 1 amide bonds. The minimum Gasteiger partial charge on any atom is -0.384 e. The molecule has 0 aromatic carbocycles. The van der Waals surface area contributed by atoms with Gasteiger partial charge in [-0.2, -0.15) is 0 Å². The van der Waals surface area contributed by atoms with Crippen molar-refractivity contribution in [3.63, 3.8) is 0 Å². The number of pyridine rings is 1. The Kier molecular flexibility index (Phi) is 5.62. The molecule has 4 nitrogen and oxygen atoms in total. The maximum absolute atomic E-state index is 12.0. The first-order chi connectivity index (χ1) is 8.60. The number of amides is 1. The molecule has 0 spiro atoms. The average molecular weight is 249 g/mol. The van der Waals surface area contributed by atoms with Crippen LogP contribution in [0.2, 0.25) is 0 Å². The second kappa shape index (κ2) is 6.99. The number of nitrogen functional groups attached to an aromatic ring is 1. The van der Waals surface area contributed by atoms with E-state index in [4.69, 9.17) is 5.73 Å². The fourth-order valence-electron chi connectivity index (χ4n) is 1.84. The van der Waals surface area contributed by atoms with E-state index in [1.807, 2.05) is 6.92 Å². The van der Waals surface area contributed by atoms with Crippen molar-refractivity contribution in [1.29, 1.82) is 0 Å². The third-order valence-electron chi connectivity index (χ3n) is 3.23. The number of carbonyl (C=O) groups excluding carboxylic acids is 1. The topological polar surface area (TPSA) is 68.0 Å². The number of nitrogens with zero attached hydrogens (tertiary/aromatic N) is 1. The monoisotopic (exact) mass is 249 g/mol. The van der Waals surface area contributed by atoms with Crippen molar-refractivity contribution in [2.75, 3.05) is 12.3 Å². The van der Waals surface area contributed by atoms with E-state index in [-0.39, 0.29) is 5.91 Å². The maximum atomic E-state index is 12.0. The highest BCUT2D eigenvalue weighted by Crippen LogP contribution is 2.10. The second-order valence-electron chi connectivity index (χ2n) is 4.52. The number of carbonyl (C=O) groups is 1. The van der Waals surface area contributed by atoms with Gasteiger partial charge in [0.25, 0.3) is 5.91 Å². The van der Waals surface area contributed by atoms with E-state index in [1.54, 1.807) is 12.1 Å². The van der Waals surface area contributed by atoms with Crippen LogP contribution in [-0.4, -0.2) is 17.4 Å². The van der Waals surface area contributed by atoms with Crippen LogP contribution in [0.15, 0.2) is 12.1 Å².